The van der Waals surface area contributed by atoms with Crippen LogP contribution < -0.4 is 9.47 Å². The molecule has 6 aromatic rings. The number of aryl methyl sites for hydroxylation is 1. The zero-order valence-electron chi connectivity index (χ0n) is 22.7. The molecule has 0 radical (unpaired) electrons. The number of aromatic nitrogens is 1. The fourth-order valence-corrected chi connectivity index (χ4v) is 6.12. The SMILES string of the molecule is COc1cccc2c1OC(c1ccc3noc(-c4cccc5ccccc45)c3c1)N1N=C(c3ccc(C)cc3)CC21. The summed E-state index contributed by atoms with van der Waals surface area (Å²) < 4.78 is 18.4. The van der Waals surface area contributed by atoms with E-state index in [0.717, 1.165) is 73.3 Å². The smallest absolute Gasteiger partial charge is 0.214 e. The van der Waals surface area contributed by atoms with Crippen molar-refractivity contribution in [2.45, 2.75) is 25.6 Å². The van der Waals surface area contributed by atoms with Crippen LogP contribution in [0.2, 0.25) is 0 Å². The molecule has 2 atom stereocenters. The number of nitrogens with zero attached hydrogens (tertiary/aromatic N) is 3. The average Bonchev–Trinajstić information content (AvgIpc) is 3.65. The molecule has 200 valence electrons. The Bertz CT molecular complexity index is 1970. The maximum atomic E-state index is 6.74. The molecule has 6 heteroatoms. The van der Waals surface area contributed by atoms with E-state index in [9.17, 15) is 0 Å². The quantitative estimate of drug-likeness (QED) is 0.227. The largest absolute Gasteiger partial charge is 0.493 e. The molecule has 6 nitrogen and oxygen atoms in total. The molecular formula is C35H27N3O3. The van der Waals surface area contributed by atoms with Gasteiger partial charge in [0.25, 0.3) is 0 Å². The molecule has 5 aromatic carbocycles. The van der Waals surface area contributed by atoms with Crippen molar-refractivity contribution in [3.05, 3.63) is 125 Å². The number of benzene rings is 5. The Morgan fingerprint density at radius 3 is 2.56 bits per heavy atom. The first-order chi connectivity index (χ1) is 20.2. The Balaban J connectivity index is 1.27. The molecule has 0 saturated heterocycles. The van der Waals surface area contributed by atoms with Gasteiger partial charge in [0.1, 0.15) is 5.52 Å². The molecule has 0 N–H and O–H groups in total. The van der Waals surface area contributed by atoms with Crippen molar-refractivity contribution in [1.82, 2.24) is 10.2 Å². The molecule has 3 heterocycles. The number of hydrogen-bond acceptors (Lipinski definition) is 6. The minimum Gasteiger partial charge on any atom is -0.493 e. The van der Waals surface area contributed by atoms with Crippen LogP contribution in [-0.2, 0) is 0 Å². The molecule has 2 aliphatic heterocycles. The second kappa shape index (κ2) is 9.24. The third-order valence-electron chi connectivity index (χ3n) is 8.20. The van der Waals surface area contributed by atoms with Crippen LogP contribution in [0.4, 0.5) is 0 Å². The Kier molecular flexibility index (Phi) is 5.35. The number of para-hydroxylation sites is 1. The number of hydrazone groups is 1. The zero-order valence-corrected chi connectivity index (χ0v) is 22.7. The van der Waals surface area contributed by atoms with E-state index in [1.807, 2.05) is 30.3 Å². The van der Waals surface area contributed by atoms with Crippen molar-refractivity contribution in [3.8, 4) is 22.8 Å². The summed E-state index contributed by atoms with van der Waals surface area (Å²) >= 11 is 0. The van der Waals surface area contributed by atoms with Crippen LogP contribution >= 0.6 is 0 Å². The molecular weight excluding hydrogens is 510 g/mol. The number of methoxy groups -OCH3 is 1. The van der Waals surface area contributed by atoms with Gasteiger partial charge >= 0.3 is 0 Å². The first-order valence-electron chi connectivity index (χ1n) is 13.8. The van der Waals surface area contributed by atoms with Gasteiger partial charge in [0, 0.05) is 23.1 Å². The molecule has 8 rings (SSSR count). The standard InChI is InChI=1S/C35H27N3O3/c1-21-13-15-23(16-14-21)30-20-31-27-11-6-12-32(39-2)34(27)40-35(38(31)36-30)24-17-18-29-28(19-24)33(41-37-29)26-10-5-8-22-7-3-4-9-25(22)26/h3-19,31,35H,20H2,1-2H3. The number of fused-ring (bicyclic) bond motifs is 5. The first kappa shape index (κ1) is 23.8. The highest BCUT2D eigenvalue weighted by molar-refractivity contribution is 6.03. The number of hydrogen-bond donors (Lipinski definition) is 0. The highest BCUT2D eigenvalue weighted by atomic mass is 16.5. The Hall–Kier alpha value is -5.10. The van der Waals surface area contributed by atoms with Crippen molar-refractivity contribution >= 4 is 27.4 Å². The summed E-state index contributed by atoms with van der Waals surface area (Å²) in [6.07, 6.45) is 0.325. The predicted octanol–water partition coefficient (Wildman–Crippen LogP) is 8.21. The van der Waals surface area contributed by atoms with Crippen molar-refractivity contribution in [2.75, 3.05) is 7.11 Å². The van der Waals surface area contributed by atoms with E-state index >= 15 is 0 Å². The molecule has 0 spiro atoms. The summed E-state index contributed by atoms with van der Waals surface area (Å²) in [5, 5.41) is 14.9. The van der Waals surface area contributed by atoms with Gasteiger partial charge in [-0.15, -0.1) is 0 Å². The Morgan fingerprint density at radius 1 is 0.854 bits per heavy atom. The highest BCUT2D eigenvalue weighted by Crippen LogP contribution is 2.51. The number of ether oxygens (including phenoxy) is 2. The summed E-state index contributed by atoms with van der Waals surface area (Å²) in [6, 6.07) is 35.4. The lowest BCUT2D eigenvalue weighted by molar-refractivity contribution is -0.0208. The van der Waals surface area contributed by atoms with E-state index in [4.69, 9.17) is 19.1 Å². The molecule has 0 bridgehead atoms. The van der Waals surface area contributed by atoms with Gasteiger partial charge in [-0.1, -0.05) is 95.6 Å². The normalized spacial score (nSPS) is 17.7. The summed E-state index contributed by atoms with van der Waals surface area (Å²) in [7, 11) is 1.68. The van der Waals surface area contributed by atoms with E-state index in [1.165, 1.54) is 5.56 Å². The van der Waals surface area contributed by atoms with Gasteiger partial charge in [-0.05, 0) is 41.5 Å². The summed E-state index contributed by atoms with van der Waals surface area (Å²) in [4.78, 5) is 0. The molecule has 0 amide bonds. The van der Waals surface area contributed by atoms with Crippen LogP contribution in [0.1, 0.15) is 40.9 Å². The number of rotatable bonds is 4. The topological polar surface area (TPSA) is 60.1 Å². The molecule has 1 aromatic heterocycles. The van der Waals surface area contributed by atoms with Crippen LogP contribution in [0.25, 0.3) is 33.0 Å². The molecule has 41 heavy (non-hydrogen) atoms. The maximum Gasteiger partial charge on any atom is 0.214 e. The van der Waals surface area contributed by atoms with Crippen LogP contribution in [0.3, 0.4) is 0 Å². The maximum absolute atomic E-state index is 6.74. The molecule has 0 saturated carbocycles. The van der Waals surface area contributed by atoms with E-state index in [1.54, 1.807) is 7.11 Å². The van der Waals surface area contributed by atoms with E-state index in [0.29, 0.717) is 0 Å². The first-order valence-corrected chi connectivity index (χ1v) is 13.8. The van der Waals surface area contributed by atoms with Gasteiger partial charge in [0.05, 0.1) is 24.2 Å². The fraction of sp³-hybridized carbons (Fsp3) is 0.143. The zero-order chi connectivity index (χ0) is 27.5. The molecule has 2 aliphatic rings. The minimum absolute atomic E-state index is 0.0193. The van der Waals surface area contributed by atoms with Gasteiger partial charge < -0.3 is 14.0 Å². The van der Waals surface area contributed by atoms with Crippen molar-refractivity contribution in [3.63, 3.8) is 0 Å². The van der Waals surface area contributed by atoms with Gasteiger partial charge in [-0.2, -0.15) is 5.10 Å². The minimum atomic E-state index is -0.452. The molecule has 0 fully saturated rings. The van der Waals surface area contributed by atoms with Gasteiger partial charge in [-0.25, -0.2) is 5.01 Å². The van der Waals surface area contributed by atoms with Crippen molar-refractivity contribution in [2.24, 2.45) is 5.10 Å². The van der Waals surface area contributed by atoms with E-state index in [2.05, 4.69) is 89.9 Å². The van der Waals surface area contributed by atoms with Crippen molar-refractivity contribution in [1.29, 1.82) is 0 Å². The van der Waals surface area contributed by atoms with Crippen LogP contribution in [0.15, 0.2) is 113 Å². The second-order valence-corrected chi connectivity index (χ2v) is 10.7. The lowest BCUT2D eigenvalue weighted by Crippen LogP contribution is -2.33. The lowest BCUT2D eigenvalue weighted by atomic mass is 9.95. The summed E-state index contributed by atoms with van der Waals surface area (Å²) in [5.74, 6) is 2.23. The lowest BCUT2D eigenvalue weighted by Gasteiger charge is -2.38. The highest BCUT2D eigenvalue weighted by Gasteiger charge is 2.42. The van der Waals surface area contributed by atoms with E-state index in [-0.39, 0.29) is 6.04 Å². The fourth-order valence-electron chi connectivity index (χ4n) is 6.12. The third-order valence-corrected chi connectivity index (χ3v) is 8.20. The van der Waals surface area contributed by atoms with Crippen molar-refractivity contribution < 1.29 is 14.0 Å². The Labute approximate surface area is 237 Å². The summed E-state index contributed by atoms with van der Waals surface area (Å²) in [5.41, 5.74) is 7.25. The van der Waals surface area contributed by atoms with Crippen LogP contribution in [-0.4, -0.2) is 23.0 Å². The Morgan fingerprint density at radius 2 is 1.68 bits per heavy atom. The van der Waals surface area contributed by atoms with E-state index < -0.39 is 6.23 Å². The van der Waals surface area contributed by atoms with Crippen LogP contribution in [0.5, 0.6) is 11.5 Å². The molecule has 0 aliphatic carbocycles. The van der Waals surface area contributed by atoms with Crippen LogP contribution in [0, 0.1) is 6.92 Å². The summed E-state index contributed by atoms with van der Waals surface area (Å²) in [6.45, 7) is 2.10. The predicted molar refractivity (Wildman–Crippen MR) is 160 cm³/mol. The monoisotopic (exact) mass is 537 g/mol. The second-order valence-electron chi connectivity index (χ2n) is 10.7. The van der Waals surface area contributed by atoms with Gasteiger partial charge in [0.15, 0.2) is 17.3 Å². The van der Waals surface area contributed by atoms with Gasteiger partial charge in [-0.3, -0.25) is 0 Å². The van der Waals surface area contributed by atoms with Gasteiger partial charge in [0.2, 0.25) is 6.23 Å². The third kappa shape index (κ3) is 3.79. The molecule has 2 unspecified atom stereocenters. The average molecular weight is 538 g/mol.